The van der Waals surface area contributed by atoms with E-state index in [9.17, 15) is 35.4 Å². The van der Waals surface area contributed by atoms with Gasteiger partial charge in [0.15, 0.2) is 6.29 Å². The minimum Gasteiger partial charge on any atom is -0.394 e. The van der Waals surface area contributed by atoms with Gasteiger partial charge in [-0.1, -0.05) is 275 Å². The van der Waals surface area contributed by atoms with E-state index in [0.29, 0.717) is 19.3 Å². The monoisotopic (exact) mass is 1010 g/mol. The molecule has 0 spiro atoms. The van der Waals surface area contributed by atoms with Gasteiger partial charge in [0.1, 0.15) is 30.5 Å². The van der Waals surface area contributed by atoms with Gasteiger partial charge >= 0.3 is 0 Å². The van der Waals surface area contributed by atoms with Crippen LogP contribution in [0.4, 0.5) is 0 Å². The van der Waals surface area contributed by atoms with Gasteiger partial charge in [-0.3, -0.25) is 4.79 Å². The molecule has 1 amide bonds. The predicted molar refractivity (Wildman–Crippen MR) is 296 cm³/mol. The molecular formula is C61H115NO9. The van der Waals surface area contributed by atoms with Crippen molar-refractivity contribution in [1.82, 2.24) is 5.32 Å². The average molecular weight is 1010 g/mol. The summed E-state index contributed by atoms with van der Waals surface area (Å²) in [6.45, 7) is 3.59. The fraction of sp³-hybridized carbons (Fsp3) is 0.885. The van der Waals surface area contributed by atoms with Crippen molar-refractivity contribution in [2.75, 3.05) is 13.2 Å². The standard InChI is InChI=1S/C61H115NO9/c1-3-5-7-9-11-13-15-17-19-20-21-22-23-24-25-26-27-28-29-30-31-32-33-34-35-36-38-40-42-44-46-48-50-55(65)60(69)62-53(52-70-61-59(68)58(67)57(66)56(51-63)71-61)54(64)49-47-45-43-41-39-37-18-16-14-12-10-8-6-4-2/h14,16,39,41,47,49,53-59,61,63-68H,3-13,15,17-38,40,42-46,48,50-52H2,1-2H3,(H,62,69)/b16-14+,41-39+,49-47+. The van der Waals surface area contributed by atoms with E-state index in [0.717, 1.165) is 44.9 Å². The first kappa shape index (κ1) is 67.4. The molecule has 71 heavy (non-hydrogen) atoms. The Kier molecular flexibility index (Phi) is 48.0. The summed E-state index contributed by atoms with van der Waals surface area (Å²) in [4.78, 5) is 13.1. The molecule has 0 aliphatic carbocycles. The van der Waals surface area contributed by atoms with E-state index in [1.807, 2.05) is 6.08 Å². The number of rotatable bonds is 52. The van der Waals surface area contributed by atoms with Crippen molar-refractivity contribution >= 4 is 5.91 Å². The summed E-state index contributed by atoms with van der Waals surface area (Å²) in [5, 5.41) is 64.9. The number of ether oxygens (including phenoxy) is 2. The highest BCUT2D eigenvalue weighted by atomic mass is 16.7. The maximum atomic E-state index is 13.1. The van der Waals surface area contributed by atoms with Crippen LogP contribution < -0.4 is 5.32 Å². The van der Waals surface area contributed by atoms with Gasteiger partial charge in [-0.2, -0.15) is 0 Å². The third kappa shape index (κ3) is 39.5. The number of allylic oxidation sites excluding steroid dienone is 5. The third-order valence-electron chi connectivity index (χ3n) is 14.6. The van der Waals surface area contributed by atoms with Gasteiger partial charge in [-0.15, -0.1) is 0 Å². The van der Waals surface area contributed by atoms with E-state index in [-0.39, 0.29) is 6.61 Å². The van der Waals surface area contributed by atoms with E-state index < -0.39 is 61.5 Å². The number of aliphatic hydroxyl groups is 6. The summed E-state index contributed by atoms with van der Waals surface area (Å²) in [5.41, 5.74) is 0. The molecule has 8 unspecified atom stereocenters. The van der Waals surface area contributed by atoms with Crippen LogP contribution in [0.1, 0.15) is 284 Å². The molecule has 0 radical (unpaired) electrons. The van der Waals surface area contributed by atoms with E-state index in [1.54, 1.807) is 6.08 Å². The summed E-state index contributed by atoms with van der Waals surface area (Å²) in [6.07, 6.45) is 55.7. The van der Waals surface area contributed by atoms with Crippen LogP contribution in [0, 0.1) is 0 Å². The van der Waals surface area contributed by atoms with Gasteiger partial charge in [0, 0.05) is 0 Å². The summed E-state index contributed by atoms with van der Waals surface area (Å²) >= 11 is 0. The van der Waals surface area contributed by atoms with Crippen molar-refractivity contribution in [2.45, 2.75) is 332 Å². The maximum Gasteiger partial charge on any atom is 0.249 e. The molecule has 1 aliphatic rings. The molecule has 7 N–H and O–H groups in total. The number of carbonyl (C=O) groups is 1. The van der Waals surface area contributed by atoms with Crippen molar-refractivity contribution in [2.24, 2.45) is 0 Å². The van der Waals surface area contributed by atoms with Crippen LogP contribution in [0.15, 0.2) is 36.5 Å². The van der Waals surface area contributed by atoms with Crippen molar-refractivity contribution in [3.63, 3.8) is 0 Å². The van der Waals surface area contributed by atoms with Crippen molar-refractivity contribution < 1.29 is 44.9 Å². The maximum absolute atomic E-state index is 13.1. The number of amides is 1. The molecule has 0 aromatic heterocycles. The molecule has 10 heteroatoms. The lowest BCUT2D eigenvalue weighted by atomic mass is 9.99. The van der Waals surface area contributed by atoms with E-state index in [1.165, 1.54) is 205 Å². The van der Waals surface area contributed by atoms with E-state index in [4.69, 9.17) is 9.47 Å². The van der Waals surface area contributed by atoms with Crippen LogP contribution in [0.5, 0.6) is 0 Å². The van der Waals surface area contributed by atoms with Crippen LogP contribution >= 0.6 is 0 Å². The Morgan fingerprint density at radius 1 is 0.479 bits per heavy atom. The highest BCUT2D eigenvalue weighted by Crippen LogP contribution is 2.23. The van der Waals surface area contributed by atoms with Crippen molar-refractivity contribution in [3.05, 3.63) is 36.5 Å². The molecule has 0 aromatic carbocycles. The molecule has 1 rings (SSSR count). The Hall–Kier alpha value is -1.63. The van der Waals surface area contributed by atoms with Crippen LogP contribution in [0.25, 0.3) is 0 Å². The molecule has 418 valence electrons. The predicted octanol–water partition coefficient (Wildman–Crippen LogP) is 14.1. The quantitative estimate of drug-likeness (QED) is 0.0232. The topological polar surface area (TPSA) is 169 Å². The van der Waals surface area contributed by atoms with Gasteiger partial charge < -0.3 is 45.4 Å². The smallest absolute Gasteiger partial charge is 0.249 e. The van der Waals surface area contributed by atoms with Crippen LogP contribution in [-0.4, -0.2) is 98.7 Å². The molecule has 0 bridgehead atoms. The Labute approximate surface area is 436 Å². The number of nitrogens with one attached hydrogen (secondary N) is 1. The summed E-state index contributed by atoms with van der Waals surface area (Å²) in [7, 11) is 0. The fourth-order valence-corrected chi connectivity index (χ4v) is 9.67. The summed E-state index contributed by atoms with van der Waals surface area (Å²) in [6, 6.07) is -1.00. The normalized spacial score (nSPS) is 19.9. The molecule has 1 aliphatic heterocycles. The zero-order valence-electron chi connectivity index (χ0n) is 46.1. The lowest BCUT2D eigenvalue weighted by Gasteiger charge is -2.40. The van der Waals surface area contributed by atoms with Crippen LogP contribution in [0.2, 0.25) is 0 Å². The Morgan fingerprint density at radius 2 is 0.831 bits per heavy atom. The molecular weight excluding hydrogens is 891 g/mol. The number of aliphatic hydroxyl groups excluding tert-OH is 6. The SMILES string of the molecule is CCCCCC/C=C/CC/C=C/CC/C=C/C(O)C(COC1OC(CO)C(O)C(O)C1O)NC(=O)C(O)CCCCCCCCCCCCCCCCCCCCCCCCCCCCCCCCCC. The molecule has 8 atom stereocenters. The van der Waals surface area contributed by atoms with Crippen LogP contribution in [-0.2, 0) is 14.3 Å². The molecule has 1 heterocycles. The summed E-state index contributed by atoms with van der Waals surface area (Å²) in [5.74, 6) is -0.626. The highest BCUT2D eigenvalue weighted by Gasteiger charge is 2.44. The largest absolute Gasteiger partial charge is 0.394 e. The minimum absolute atomic E-state index is 0.304. The van der Waals surface area contributed by atoms with Gasteiger partial charge in [-0.05, 0) is 44.9 Å². The van der Waals surface area contributed by atoms with Gasteiger partial charge in [0.2, 0.25) is 5.91 Å². The zero-order valence-corrected chi connectivity index (χ0v) is 46.1. The first-order valence-corrected chi connectivity index (χ1v) is 30.3. The van der Waals surface area contributed by atoms with E-state index in [2.05, 4.69) is 43.5 Å². The average Bonchev–Trinajstić information content (AvgIpc) is 3.37. The van der Waals surface area contributed by atoms with Crippen LogP contribution in [0.3, 0.4) is 0 Å². The molecule has 10 nitrogen and oxygen atoms in total. The third-order valence-corrected chi connectivity index (χ3v) is 14.6. The van der Waals surface area contributed by atoms with E-state index >= 15 is 0 Å². The second-order valence-electron chi connectivity index (χ2n) is 21.3. The zero-order chi connectivity index (χ0) is 51.7. The molecule has 0 saturated carbocycles. The Balaban J connectivity index is 2.15. The fourth-order valence-electron chi connectivity index (χ4n) is 9.67. The Bertz CT molecular complexity index is 1230. The molecule has 1 saturated heterocycles. The van der Waals surface area contributed by atoms with Crippen molar-refractivity contribution in [3.8, 4) is 0 Å². The number of hydrogen-bond acceptors (Lipinski definition) is 9. The lowest BCUT2D eigenvalue weighted by Crippen LogP contribution is -2.60. The first-order chi connectivity index (χ1) is 34.8. The van der Waals surface area contributed by atoms with Crippen molar-refractivity contribution in [1.29, 1.82) is 0 Å². The molecule has 0 aromatic rings. The number of hydrogen-bond donors (Lipinski definition) is 7. The second-order valence-corrected chi connectivity index (χ2v) is 21.3. The number of carbonyl (C=O) groups excluding carboxylic acids is 1. The number of unbranched alkanes of at least 4 members (excludes halogenated alkanes) is 37. The Morgan fingerprint density at radius 3 is 1.23 bits per heavy atom. The summed E-state index contributed by atoms with van der Waals surface area (Å²) < 4.78 is 11.2. The highest BCUT2D eigenvalue weighted by molar-refractivity contribution is 5.80. The van der Waals surface area contributed by atoms with Gasteiger partial charge in [0.25, 0.3) is 0 Å². The second kappa shape index (κ2) is 50.5. The van der Waals surface area contributed by atoms with Gasteiger partial charge in [-0.25, -0.2) is 0 Å². The first-order valence-electron chi connectivity index (χ1n) is 30.3. The minimum atomic E-state index is -1.62. The van der Waals surface area contributed by atoms with Gasteiger partial charge in [0.05, 0.1) is 25.4 Å². The lowest BCUT2D eigenvalue weighted by molar-refractivity contribution is -0.302. The molecule has 1 fully saturated rings.